The zero-order chi connectivity index (χ0) is 15.0. The molecule has 0 aliphatic carbocycles. The van der Waals surface area contributed by atoms with Crippen molar-refractivity contribution in [3.63, 3.8) is 0 Å². The fraction of sp³-hybridized carbons (Fsp3) is 0.933. The van der Waals surface area contributed by atoms with Crippen LogP contribution in [0.15, 0.2) is 0 Å². The minimum Gasteiger partial charge on any atom is -0.444 e. The summed E-state index contributed by atoms with van der Waals surface area (Å²) in [6.07, 6.45) is 3.84. The third-order valence-corrected chi connectivity index (χ3v) is 3.32. The number of carbonyl (C=O) groups excluding carboxylic acids is 1. The van der Waals surface area contributed by atoms with Gasteiger partial charge in [0.2, 0.25) is 0 Å². The maximum absolute atomic E-state index is 11.8. The van der Waals surface area contributed by atoms with E-state index in [0.29, 0.717) is 6.04 Å². The van der Waals surface area contributed by atoms with Crippen LogP contribution in [0, 0.1) is 0 Å². The Labute approximate surface area is 122 Å². The number of carbonyl (C=O) groups is 1. The molecule has 1 rings (SSSR count). The van der Waals surface area contributed by atoms with E-state index in [-0.39, 0.29) is 12.1 Å². The molecular formula is C15H30N2O3. The zero-order valence-electron chi connectivity index (χ0n) is 13.3. The Morgan fingerprint density at radius 2 is 2.10 bits per heavy atom. The van der Waals surface area contributed by atoms with Crippen molar-refractivity contribution in [2.45, 2.75) is 71.1 Å². The first-order chi connectivity index (χ1) is 9.40. The maximum atomic E-state index is 11.8. The first-order valence-electron chi connectivity index (χ1n) is 7.71. The van der Waals surface area contributed by atoms with Gasteiger partial charge in [-0.25, -0.2) is 4.79 Å². The van der Waals surface area contributed by atoms with E-state index in [0.717, 1.165) is 45.4 Å². The maximum Gasteiger partial charge on any atom is 0.407 e. The minimum absolute atomic E-state index is 0.106. The lowest BCUT2D eigenvalue weighted by Gasteiger charge is -2.25. The smallest absolute Gasteiger partial charge is 0.407 e. The van der Waals surface area contributed by atoms with Gasteiger partial charge in [-0.3, -0.25) is 0 Å². The average molecular weight is 286 g/mol. The van der Waals surface area contributed by atoms with E-state index in [2.05, 4.69) is 17.6 Å². The zero-order valence-corrected chi connectivity index (χ0v) is 13.3. The second-order valence-corrected chi connectivity index (χ2v) is 6.40. The summed E-state index contributed by atoms with van der Waals surface area (Å²) in [7, 11) is 0. The molecule has 0 radical (unpaired) electrons. The molecule has 118 valence electrons. The van der Waals surface area contributed by atoms with Crippen molar-refractivity contribution in [3.8, 4) is 0 Å². The highest BCUT2D eigenvalue weighted by molar-refractivity contribution is 5.68. The molecule has 0 spiro atoms. The highest BCUT2D eigenvalue weighted by Gasteiger charge is 2.19. The monoisotopic (exact) mass is 286 g/mol. The lowest BCUT2D eigenvalue weighted by Crippen LogP contribution is -2.46. The summed E-state index contributed by atoms with van der Waals surface area (Å²) in [6.45, 7) is 10.2. The molecule has 1 aliphatic heterocycles. The molecule has 2 N–H and O–H groups in total. The van der Waals surface area contributed by atoms with Crippen molar-refractivity contribution >= 4 is 6.09 Å². The standard InChI is InChI=1S/C15H30N2O3/c1-5-12(17-14(18)20-15(2,3)4)11-16-13-7-6-9-19-10-8-13/h12-13,16H,5-11H2,1-4H3,(H,17,18). The third-order valence-electron chi connectivity index (χ3n) is 3.32. The van der Waals surface area contributed by atoms with Crippen LogP contribution in [-0.4, -0.2) is 43.5 Å². The second kappa shape index (κ2) is 8.47. The Morgan fingerprint density at radius 3 is 2.75 bits per heavy atom. The van der Waals surface area contributed by atoms with E-state index in [4.69, 9.17) is 9.47 Å². The molecule has 1 amide bonds. The van der Waals surface area contributed by atoms with Crippen molar-refractivity contribution in [1.29, 1.82) is 0 Å². The van der Waals surface area contributed by atoms with E-state index in [1.54, 1.807) is 0 Å². The largest absolute Gasteiger partial charge is 0.444 e. The van der Waals surface area contributed by atoms with Crippen LogP contribution >= 0.6 is 0 Å². The van der Waals surface area contributed by atoms with Crippen LogP contribution in [0.1, 0.15) is 53.4 Å². The second-order valence-electron chi connectivity index (χ2n) is 6.40. The molecule has 20 heavy (non-hydrogen) atoms. The minimum atomic E-state index is -0.450. The van der Waals surface area contributed by atoms with Crippen LogP contribution < -0.4 is 10.6 Å². The Hall–Kier alpha value is -0.810. The molecule has 5 nitrogen and oxygen atoms in total. The SMILES string of the molecule is CCC(CNC1CCCOCC1)NC(=O)OC(C)(C)C. The fourth-order valence-electron chi connectivity index (χ4n) is 2.19. The van der Waals surface area contributed by atoms with Crippen LogP contribution in [0.4, 0.5) is 4.79 Å². The summed E-state index contributed by atoms with van der Waals surface area (Å²) in [5, 5.41) is 6.45. The van der Waals surface area contributed by atoms with Crippen molar-refractivity contribution in [3.05, 3.63) is 0 Å². The van der Waals surface area contributed by atoms with Crippen molar-refractivity contribution in [2.75, 3.05) is 19.8 Å². The summed E-state index contributed by atoms with van der Waals surface area (Å²) in [5.74, 6) is 0. The average Bonchev–Trinajstić information content (AvgIpc) is 2.60. The number of alkyl carbamates (subject to hydrolysis) is 1. The molecule has 1 saturated heterocycles. The fourth-order valence-corrected chi connectivity index (χ4v) is 2.19. The van der Waals surface area contributed by atoms with Crippen molar-refractivity contribution in [2.24, 2.45) is 0 Å². The molecule has 0 aromatic rings. The first-order valence-corrected chi connectivity index (χ1v) is 7.71. The molecule has 0 bridgehead atoms. The number of rotatable bonds is 5. The molecule has 2 unspecified atom stereocenters. The van der Waals surface area contributed by atoms with E-state index < -0.39 is 5.60 Å². The normalized spacial score (nSPS) is 21.9. The molecule has 2 atom stereocenters. The Kier molecular flexibility index (Phi) is 7.30. The van der Waals surface area contributed by atoms with Crippen LogP contribution in [0.3, 0.4) is 0 Å². The van der Waals surface area contributed by atoms with Gasteiger partial charge in [-0.2, -0.15) is 0 Å². The van der Waals surface area contributed by atoms with Crippen LogP contribution in [0.5, 0.6) is 0 Å². The van der Waals surface area contributed by atoms with Gasteiger partial charge in [-0.1, -0.05) is 6.92 Å². The Bertz CT molecular complexity index is 281. The molecule has 1 aliphatic rings. The number of hydrogen-bond acceptors (Lipinski definition) is 4. The lowest BCUT2D eigenvalue weighted by atomic mass is 10.1. The van der Waals surface area contributed by atoms with Gasteiger partial charge in [0, 0.05) is 31.8 Å². The predicted octanol–water partition coefficient (Wildman–Crippen LogP) is 2.45. The summed E-state index contributed by atoms with van der Waals surface area (Å²) in [6, 6.07) is 0.598. The van der Waals surface area contributed by atoms with Gasteiger partial charge in [0.1, 0.15) is 5.60 Å². The number of nitrogens with one attached hydrogen (secondary N) is 2. The van der Waals surface area contributed by atoms with Gasteiger partial charge in [-0.15, -0.1) is 0 Å². The van der Waals surface area contributed by atoms with E-state index in [1.807, 2.05) is 20.8 Å². The summed E-state index contributed by atoms with van der Waals surface area (Å²) >= 11 is 0. The molecule has 1 heterocycles. The molecular weight excluding hydrogens is 256 g/mol. The van der Waals surface area contributed by atoms with Crippen LogP contribution in [-0.2, 0) is 9.47 Å². The number of ether oxygens (including phenoxy) is 2. The van der Waals surface area contributed by atoms with Crippen molar-refractivity contribution < 1.29 is 14.3 Å². The molecule has 0 aromatic heterocycles. The summed E-state index contributed by atoms with van der Waals surface area (Å²) in [4.78, 5) is 11.8. The Balaban J connectivity index is 2.29. The van der Waals surface area contributed by atoms with Gasteiger partial charge in [0.05, 0.1) is 0 Å². The van der Waals surface area contributed by atoms with Gasteiger partial charge in [-0.05, 0) is 46.5 Å². The number of amides is 1. The van der Waals surface area contributed by atoms with E-state index >= 15 is 0 Å². The lowest BCUT2D eigenvalue weighted by molar-refractivity contribution is 0.0501. The van der Waals surface area contributed by atoms with Gasteiger partial charge in [0.15, 0.2) is 0 Å². The van der Waals surface area contributed by atoms with Crippen molar-refractivity contribution in [1.82, 2.24) is 10.6 Å². The topological polar surface area (TPSA) is 59.6 Å². The molecule has 0 aromatic carbocycles. The molecule has 5 heteroatoms. The number of hydrogen-bond donors (Lipinski definition) is 2. The van der Waals surface area contributed by atoms with Crippen LogP contribution in [0.2, 0.25) is 0 Å². The van der Waals surface area contributed by atoms with E-state index in [9.17, 15) is 4.79 Å². The van der Waals surface area contributed by atoms with Gasteiger partial charge in [0.25, 0.3) is 0 Å². The molecule has 0 saturated carbocycles. The summed E-state index contributed by atoms with van der Waals surface area (Å²) in [5.41, 5.74) is -0.450. The van der Waals surface area contributed by atoms with Crippen LogP contribution in [0.25, 0.3) is 0 Å². The van der Waals surface area contributed by atoms with E-state index in [1.165, 1.54) is 0 Å². The highest BCUT2D eigenvalue weighted by atomic mass is 16.6. The molecule has 1 fully saturated rings. The summed E-state index contributed by atoms with van der Waals surface area (Å²) < 4.78 is 10.7. The first kappa shape index (κ1) is 17.2. The predicted molar refractivity (Wildman–Crippen MR) is 79.9 cm³/mol. The Morgan fingerprint density at radius 1 is 1.35 bits per heavy atom. The van der Waals surface area contributed by atoms with Gasteiger partial charge >= 0.3 is 6.09 Å². The third kappa shape index (κ3) is 7.70. The highest BCUT2D eigenvalue weighted by Crippen LogP contribution is 2.09. The van der Waals surface area contributed by atoms with Gasteiger partial charge < -0.3 is 20.1 Å². The quantitative estimate of drug-likeness (QED) is 0.815.